The largest absolute Gasteiger partial charge is 0.457 e. The Kier molecular flexibility index (Phi) is 6.57. The van der Waals surface area contributed by atoms with Crippen molar-refractivity contribution in [3.8, 4) is 22.8 Å². The molecule has 2 aromatic carbocycles. The van der Waals surface area contributed by atoms with Gasteiger partial charge in [0.15, 0.2) is 0 Å². The lowest BCUT2D eigenvalue weighted by Crippen LogP contribution is -2.31. The van der Waals surface area contributed by atoms with Gasteiger partial charge in [-0.2, -0.15) is 0 Å². The summed E-state index contributed by atoms with van der Waals surface area (Å²) in [6.07, 6.45) is 0. The molecule has 6 heteroatoms. The number of halogens is 1. The second kappa shape index (κ2) is 9.30. The smallest absolute Gasteiger partial charge is 0.251 e. The van der Waals surface area contributed by atoms with E-state index in [1.54, 1.807) is 24.3 Å². The first kappa shape index (κ1) is 20.5. The van der Waals surface area contributed by atoms with E-state index in [0.29, 0.717) is 23.6 Å². The molecule has 0 aliphatic carbocycles. The normalized spacial score (nSPS) is 10.8. The van der Waals surface area contributed by atoms with Crippen molar-refractivity contribution >= 4 is 5.91 Å². The average molecular weight is 393 g/mol. The summed E-state index contributed by atoms with van der Waals surface area (Å²) in [5, 5.41) is 2.92. The monoisotopic (exact) mass is 393 g/mol. The first-order chi connectivity index (χ1) is 13.9. The number of aromatic nitrogens is 1. The highest BCUT2D eigenvalue weighted by molar-refractivity contribution is 5.95. The Labute approximate surface area is 170 Å². The van der Waals surface area contributed by atoms with Crippen molar-refractivity contribution in [3.63, 3.8) is 0 Å². The number of carbonyl (C=O) groups is 1. The zero-order valence-electron chi connectivity index (χ0n) is 16.8. The van der Waals surface area contributed by atoms with Gasteiger partial charge in [-0.3, -0.25) is 9.78 Å². The van der Waals surface area contributed by atoms with Gasteiger partial charge in [0.05, 0.1) is 5.69 Å². The van der Waals surface area contributed by atoms with Crippen molar-refractivity contribution in [1.82, 2.24) is 15.2 Å². The van der Waals surface area contributed by atoms with Crippen LogP contribution < -0.4 is 10.1 Å². The minimum Gasteiger partial charge on any atom is -0.457 e. The molecule has 3 aromatic rings. The average Bonchev–Trinajstić information content (AvgIpc) is 2.69. The topological polar surface area (TPSA) is 54.5 Å². The number of hydrogen-bond donors (Lipinski definition) is 1. The highest BCUT2D eigenvalue weighted by atomic mass is 19.1. The van der Waals surface area contributed by atoms with Gasteiger partial charge in [0.2, 0.25) is 0 Å². The van der Waals surface area contributed by atoms with Crippen LogP contribution >= 0.6 is 0 Å². The molecule has 150 valence electrons. The Morgan fingerprint density at radius 3 is 2.28 bits per heavy atom. The second-order valence-corrected chi connectivity index (χ2v) is 7.02. The lowest BCUT2D eigenvalue weighted by atomic mass is 10.1. The zero-order chi connectivity index (χ0) is 20.8. The van der Waals surface area contributed by atoms with Crippen LogP contribution in [0.4, 0.5) is 4.39 Å². The molecule has 5 nitrogen and oxygen atoms in total. The van der Waals surface area contributed by atoms with E-state index in [1.165, 1.54) is 12.1 Å². The highest BCUT2D eigenvalue weighted by Gasteiger charge is 2.10. The minimum absolute atomic E-state index is 0.116. The van der Waals surface area contributed by atoms with Crippen LogP contribution in [0.25, 0.3) is 11.3 Å². The number of pyridine rings is 1. The van der Waals surface area contributed by atoms with Crippen molar-refractivity contribution in [2.75, 3.05) is 27.2 Å². The second-order valence-electron chi connectivity index (χ2n) is 7.02. The molecular formula is C23H24FN3O2. The molecule has 0 fully saturated rings. The summed E-state index contributed by atoms with van der Waals surface area (Å²) >= 11 is 0. The molecular weight excluding hydrogens is 369 g/mol. The van der Waals surface area contributed by atoms with E-state index in [-0.39, 0.29) is 11.7 Å². The number of hydrogen-bond acceptors (Lipinski definition) is 4. The number of benzene rings is 2. The molecule has 0 spiro atoms. The van der Waals surface area contributed by atoms with Crippen LogP contribution in [-0.4, -0.2) is 43.0 Å². The van der Waals surface area contributed by atoms with E-state index in [2.05, 4.69) is 10.3 Å². The quantitative estimate of drug-likeness (QED) is 0.651. The van der Waals surface area contributed by atoms with Crippen molar-refractivity contribution in [1.29, 1.82) is 0 Å². The van der Waals surface area contributed by atoms with E-state index in [0.717, 1.165) is 23.5 Å². The van der Waals surface area contributed by atoms with Gasteiger partial charge in [0.1, 0.15) is 17.3 Å². The Balaban J connectivity index is 1.73. The van der Waals surface area contributed by atoms with Gasteiger partial charge in [-0.05, 0) is 81.7 Å². The van der Waals surface area contributed by atoms with Gasteiger partial charge in [-0.15, -0.1) is 0 Å². The SMILES string of the molecule is Cc1cc(C(=O)NCCN(C)C)cc(-c2ccc(Oc3ccc(F)cc3)cc2)n1. The number of ether oxygens (including phenoxy) is 1. The van der Waals surface area contributed by atoms with Crippen LogP contribution in [0.3, 0.4) is 0 Å². The molecule has 1 aromatic heterocycles. The fraction of sp³-hybridized carbons (Fsp3) is 0.217. The number of likely N-dealkylation sites (N-methyl/N-ethyl adjacent to an activating group) is 1. The molecule has 0 aliphatic rings. The first-order valence-electron chi connectivity index (χ1n) is 9.36. The van der Waals surface area contributed by atoms with Crippen molar-refractivity contribution < 1.29 is 13.9 Å². The van der Waals surface area contributed by atoms with Gasteiger partial charge in [0, 0.05) is 29.9 Å². The molecule has 0 bridgehead atoms. The number of nitrogens with zero attached hydrogens (tertiary/aromatic N) is 2. The fourth-order valence-electron chi connectivity index (χ4n) is 2.78. The number of carbonyl (C=O) groups excluding carboxylic acids is 1. The Morgan fingerprint density at radius 1 is 1.03 bits per heavy atom. The van der Waals surface area contributed by atoms with Gasteiger partial charge >= 0.3 is 0 Å². The lowest BCUT2D eigenvalue weighted by molar-refractivity contribution is 0.0951. The van der Waals surface area contributed by atoms with Crippen molar-refractivity contribution in [2.45, 2.75) is 6.92 Å². The molecule has 1 heterocycles. The van der Waals surface area contributed by atoms with E-state index in [4.69, 9.17) is 4.74 Å². The highest BCUT2D eigenvalue weighted by Crippen LogP contribution is 2.26. The molecule has 1 amide bonds. The van der Waals surface area contributed by atoms with E-state index < -0.39 is 0 Å². The maximum atomic E-state index is 13.0. The molecule has 1 N–H and O–H groups in total. The Bertz CT molecular complexity index is 970. The molecule has 3 rings (SSSR count). The molecule has 0 saturated carbocycles. The predicted molar refractivity (Wildman–Crippen MR) is 112 cm³/mol. The van der Waals surface area contributed by atoms with Gasteiger partial charge in [0.25, 0.3) is 5.91 Å². The fourth-order valence-corrected chi connectivity index (χ4v) is 2.78. The van der Waals surface area contributed by atoms with Crippen LogP contribution in [0.15, 0.2) is 60.7 Å². The number of rotatable bonds is 7. The predicted octanol–water partition coefficient (Wildman–Crippen LogP) is 4.28. The van der Waals surface area contributed by atoms with Crippen LogP contribution in [-0.2, 0) is 0 Å². The number of amides is 1. The van der Waals surface area contributed by atoms with Gasteiger partial charge in [-0.1, -0.05) is 0 Å². The third kappa shape index (κ3) is 5.86. The standard InChI is InChI=1S/C23H24FN3O2/c1-16-14-18(23(28)25-12-13-27(2)3)15-22(26-16)17-4-8-20(9-5-17)29-21-10-6-19(24)7-11-21/h4-11,14-15H,12-13H2,1-3H3,(H,25,28). The van der Waals surface area contributed by atoms with E-state index in [9.17, 15) is 9.18 Å². The summed E-state index contributed by atoms with van der Waals surface area (Å²) in [5.41, 5.74) is 2.95. The summed E-state index contributed by atoms with van der Waals surface area (Å²) in [6.45, 7) is 3.22. The minimum atomic E-state index is -0.306. The third-order valence-electron chi connectivity index (χ3n) is 4.26. The lowest BCUT2D eigenvalue weighted by Gasteiger charge is -2.12. The molecule has 0 unspecified atom stereocenters. The molecule has 0 atom stereocenters. The Morgan fingerprint density at radius 2 is 1.66 bits per heavy atom. The van der Waals surface area contributed by atoms with Crippen LogP contribution in [0.1, 0.15) is 16.1 Å². The van der Waals surface area contributed by atoms with Gasteiger partial charge < -0.3 is 15.0 Å². The molecule has 0 radical (unpaired) electrons. The molecule has 29 heavy (non-hydrogen) atoms. The molecule has 0 aliphatic heterocycles. The first-order valence-corrected chi connectivity index (χ1v) is 9.36. The summed E-state index contributed by atoms with van der Waals surface area (Å²) in [5.74, 6) is 0.772. The maximum Gasteiger partial charge on any atom is 0.251 e. The summed E-state index contributed by atoms with van der Waals surface area (Å²) in [4.78, 5) is 19.0. The number of aryl methyl sites for hydroxylation is 1. The maximum absolute atomic E-state index is 13.0. The summed E-state index contributed by atoms with van der Waals surface area (Å²) in [7, 11) is 3.93. The van der Waals surface area contributed by atoms with Gasteiger partial charge in [-0.25, -0.2) is 4.39 Å². The van der Waals surface area contributed by atoms with E-state index in [1.807, 2.05) is 50.2 Å². The number of nitrogens with one attached hydrogen (secondary N) is 1. The van der Waals surface area contributed by atoms with Crippen molar-refractivity contribution in [3.05, 3.63) is 77.7 Å². The zero-order valence-corrected chi connectivity index (χ0v) is 16.8. The van der Waals surface area contributed by atoms with Crippen molar-refractivity contribution in [2.24, 2.45) is 0 Å². The summed E-state index contributed by atoms with van der Waals surface area (Å²) < 4.78 is 18.7. The molecule has 0 saturated heterocycles. The van der Waals surface area contributed by atoms with Crippen LogP contribution in [0.2, 0.25) is 0 Å². The van der Waals surface area contributed by atoms with E-state index >= 15 is 0 Å². The van der Waals surface area contributed by atoms with Crippen LogP contribution in [0, 0.1) is 12.7 Å². The van der Waals surface area contributed by atoms with Crippen LogP contribution in [0.5, 0.6) is 11.5 Å². The Hall–Kier alpha value is -3.25. The summed E-state index contributed by atoms with van der Waals surface area (Å²) in [6, 6.07) is 16.8. The third-order valence-corrected chi connectivity index (χ3v) is 4.26.